The lowest BCUT2D eigenvalue weighted by atomic mass is 10.1. The van der Waals surface area contributed by atoms with E-state index < -0.39 is 0 Å². The van der Waals surface area contributed by atoms with Crippen molar-refractivity contribution in [2.45, 2.75) is 13.8 Å². The summed E-state index contributed by atoms with van der Waals surface area (Å²) in [6, 6.07) is 7.81. The van der Waals surface area contributed by atoms with Crippen LogP contribution >= 0.6 is 0 Å². The SMILES string of the molecule is CC(=NO)c1ccccc1C. The Morgan fingerprint density at radius 3 is 2.55 bits per heavy atom. The van der Waals surface area contributed by atoms with Crippen molar-refractivity contribution in [3.8, 4) is 0 Å². The molecule has 1 aromatic carbocycles. The summed E-state index contributed by atoms with van der Waals surface area (Å²) in [4.78, 5) is 0. The molecule has 2 nitrogen and oxygen atoms in total. The lowest BCUT2D eigenvalue weighted by Gasteiger charge is -2.01. The van der Waals surface area contributed by atoms with E-state index in [0.29, 0.717) is 5.71 Å². The number of nitrogens with zero attached hydrogens (tertiary/aromatic N) is 1. The maximum absolute atomic E-state index is 8.50. The van der Waals surface area contributed by atoms with Gasteiger partial charge in [0.25, 0.3) is 0 Å². The summed E-state index contributed by atoms with van der Waals surface area (Å²) in [5.74, 6) is 0. The Balaban J connectivity index is 3.14. The van der Waals surface area contributed by atoms with Gasteiger partial charge in [0.2, 0.25) is 0 Å². The molecule has 0 radical (unpaired) electrons. The van der Waals surface area contributed by atoms with Crippen molar-refractivity contribution in [3.05, 3.63) is 35.4 Å². The molecule has 0 aliphatic carbocycles. The Labute approximate surface area is 66.2 Å². The standard InChI is InChI=1S/C9H11NO/c1-7-5-3-4-6-9(7)8(2)10-11/h3-6,11H,1-2H3. The highest BCUT2D eigenvalue weighted by Gasteiger charge is 1.99. The summed E-state index contributed by atoms with van der Waals surface area (Å²) >= 11 is 0. The average molecular weight is 149 g/mol. The van der Waals surface area contributed by atoms with Gasteiger partial charge in [-0.1, -0.05) is 29.4 Å². The maximum Gasteiger partial charge on any atom is 0.0839 e. The van der Waals surface area contributed by atoms with Crippen LogP contribution in [0.3, 0.4) is 0 Å². The van der Waals surface area contributed by atoms with E-state index >= 15 is 0 Å². The third-order valence-corrected chi connectivity index (χ3v) is 1.68. The second-order valence-electron chi connectivity index (χ2n) is 2.50. The summed E-state index contributed by atoms with van der Waals surface area (Å²) in [6.07, 6.45) is 0. The van der Waals surface area contributed by atoms with Crippen LogP contribution in [0.1, 0.15) is 18.1 Å². The Morgan fingerprint density at radius 2 is 2.00 bits per heavy atom. The molecule has 2 heteroatoms. The zero-order valence-electron chi connectivity index (χ0n) is 6.70. The van der Waals surface area contributed by atoms with Crippen LogP contribution in [0.25, 0.3) is 0 Å². The zero-order valence-corrected chi connectivity index (χ0v) is 6.70. The first-order valence-corrected chi connectivity index (χ1v) is 3.50. The average Bonchev–Trinajstić information content (AvgIpc) is 2.04. The summed E-state index contributed by atoms with van der Waals surface area (Å²) in [7, 11) is 0. The van der Waals surface area contributed by atoms with Crippen LogP contribution in [0, 0.1) is 6.92 Å². The van der Waals surface area contributed by atoms with Crippen molar-refractivity contribution >= 4 is 5.71 Å². The van der Waals surface area contributed by atoms with Crippen molar-refractivity contribution in [1.29, 1.82) is 0 Å². The van der Waals surface area contributed by atoms with Gasteiger partial charge in [0, 0.05) is 5.56 Å². The van der Waals surface area contributed by atoms with Gasteiger partial charge in [0.1, 0.15) is 0 Å². The Morgan fingerprint density at radius 1 is 1.36 bits per heavy atom. The van der Waals surface area contributed by atoms with E-state index in [1.165, 1.54) is 0 Å². The third kappa shape index (κ3) is 1.58. The summed E-state index contributed by atoms with van der Waals surface area (Å²) < 4.78 is 0. The van der Waals surface area contributed by atoms with Crippen LogP contribution in [0.2, 0.25) is 0 Å². The van der Waals surface area contributed by atoms with Crippen molar-refractivity contribution in [1.82, 2.24) is 0 Å². The van der Waals surface area contributed by atoms with Gasteiger partial charge < -0.3 is 5.21 Å². The molecule has 0 aromatic heterocycles. The summed E-state index contributed by atoms with van der Waals surface area (Å²) in [5.41, 5.74) is 2.78. The van der Waals surface area contributed by atoms with Crippen molar-refractivity contribution < 1.29 is 5.21 Å². The second-order valence-corrected chi connectivity index (χ2v) is 2.50. The van der Waals surface area contributed by atoms with Crippen LogP contribution in [-0.4, -0.2) is 10.9 Å². The first-order valence-electron chi connectivity index (χ1n) is 3.50. The van der Waals surface area contributed by atoms with Crippen LogP contribution < -0.4 is 0 Å². The number of hydrogen-bond donors (Lipinski definition) is 1. The molecule has 0 spiro atoms. The molecule has 0 saturated carbocycles. The maximum atomic E-state index is 8.50. The summed E-state index contributed by atoms with van der Waals surface area (Å²) in [5, 5.41) is 11.6. The normalized spacial score (nSPS) is 11.6. The van der Waals surface area contributed by atoms with Crippen LogP contribution in [-0.2, 0) is 0 Å². The predicted molar refractivity (Wildman–Crippen MR) is 45.2 cm³/mol. The number of hydrogen-bond acceptors (Lipinski definition) is 2. The highest BCUT2D eigenvalue weighted by atomic mass is 16.4. The molecule has 0 saturated heterocycles. The van der Waals surface area contributed by atoms with Gasteiger partial charge in [-0.15, -0.1) is 0 Å². The van der Waals surface area contributed by atoms with Crippen LogP contribution in [0.5, 0.6) is 0 Å². The van der Waals surface area contributed by atoms with Gasteiger partial charge in [-0.25, -0.2) is 0 Å². The molecule has 11 heavy (non-hydrogen) atoms. The molecule has 0 amide bonds. The highest BCUT2D eigenvalue weighted by molar-refractivity contribution is 5.99. The van der Waals surface area contributed by atoms with Gasteiger partial charge in [-0.3, -0.25) is 0 Å². The molecule has 1 N–H and O–H groups in total. The molecular formula is C9H11NO. The zero-order chi connectivity index (χ0) is 8.27. The topological polar surface area (TPSA) is 32.6 Å². The van der Waals surface area contributed by atoms with Crippen molar-refractivity contribution in [2.24, 2.45) is 5.16 Å². The van der Waals surface area contributed by atoms with E-state index in [4.69, 9.17) is 5.21 Å². The molecular weight excluding hydrogens is 138 g/mol. The minimum Gasteiger partial charge on any atom is -0.411 e. The molecule has 0 aliphatic rings. The Hall–Kier alpha value is -1.31. The predicted octanol–water partition coefficient (Wildman–Crippen LogP) is 2.19. The largest absolute Gasteiger partial charge is 0.411 e. The molecule has 0 aliphatic heterocycles. The molecule has 0 fully saturated rings. The molecule has 0 unspecified atom stereocenters. The van der Waals surface area contributed by atoms with E-state index in [1.54, 1.807) is 6.92 Å². The molecule has 0 bridgehead atoms. The number of rotatable bonds is 1. The number of benzene rings is 1. The van der Waals surface area contributed by atoms with Gasteiger partial charge >= 0.3 is 0 Å². The molecule has 58 valence electrons. The van der Waals surface area contributed by atoms with Gasteiger partial charge in [-0.2, -0.15) is 0 Å². The van der Waals surface area contributed by atoms with Crippen molar-refractivity contribution in [2.75, 3.05) is 0 Å². The fourth-order valence-corrected chi connectivity index (χ4v) is 1.03. The van der Waals surface area contributed by atoms with Gasteiger partial charge in [0.15, 0.2) is 0 Å². The molecule has 0 heterocycles. The minimum atomic E-state index is 0.656. The molecule has 1 aromatic rings. The second kappa shape index (κ2) is 3.19. The Bertz CT molecular complexity index is 279. The molecule has 0 atom stereocenters. The number of aryl methyl sites for hydroxylation is 1. The van der Waals surface area contributed by atoms with Gasteiger partial charge in [-0.05, 0) is 19.4 Å². The quantitative estimate of drug-likeness (QED) is 0.370. The smallest absolute Gasteiger partial charge is 0.0839 e. The van der Waals surface area contributed by atoms with E-state index in [-0.39, 0.29) is 0 Å². The fourth-order valence-electron chi connectivity index (χ4n) is 1.03. The first-order chi connectivity index (χ1) is 5.25. The minimum absolute atomic E-state index is 0.656. The monoisotopic (exact) mass is 149 g/mol. The van der Waals surface area contributed by atoms with Gasteiger partial charge in [0.05, 0.1) is 5.71 Å². The van der Waals surface area contributed by atoms with Crippen LogP contribution in [0.4, 0.5) is 0 Å². The van der Waals surface area contributed by atoms with E-state index in [0.717, 1.165) is 11.1 Å². The third-order valence-electron chi connectivity index (χ3n) is 1.68. The first kappa shape index (κ1) is 7.79. The molecule has 1 rings (SSSR count). The summed E-state index contributed by atoms with van der Waals surface area (Å²) in [6.45, 7) is 3.77. The van der Waals surface area contributed by atoms with E-state index in [9.17, 15) is 0 Å². The van der Waals surface area contributed by atoms with E-state index in [2.05, 4.69) is 5.16 Å². The lowest BCUT2D eigenvalue weighted by Crippen LogP contribution is -1.96. The van der Waals surface area contributed by atoms with E-state index in [1.807, 2.05) is 31.2 Å². The Kier molecular flexibility index (Phi) is 2.26. The van der Waals surface area contributed by atoms with Crippen molar-refractivity contribution in [3.63, 3.8) is 0 Å². The fraction of sp³-hybridized carbons (Fsp3) is 0.222. The lowest BCUT2D eigenvalue weighted by molar-refractivity contribution is 0.319. The number of oxime groups is 1. The van der Waals surface area contributed by atoms with Crippen LogP contribution in [0.15, 0.2) is 29.4 Å². The highest BCUT2D eigenvalue weighted by Crippen LogP contribution is 2.07.